The molecule has 0 amide bonds. The smallest absolute Gasteiger partial charge is 0.407 e. The average Bonchev–Trinajstić information content (AvgIpc) is 2.38. The maximum Gasteiger partial charge on any atom is 0.494 e. The first-order valence-corrected chi connectivity index (χ1v) is 6.37. The molecular weight excluding hydrogens is 223 g/mol. The van der Waals surface area contributed by atoms with Gasteiger partial charge in [-0.2, -0.15) is 0 Å². The van der Waals surface area contributed by atoms with Crippen molar-refractivity contribution < 1.29 is 9.31 Å². The standard InChI is InChI=1S/C15H17BO2/c1-15(2)10-17-16(18-11-15)14-9-5-7-12-6-3-4-8-13(12)14/h3-9H,10-11H2,1-2H3. The van der Waals surface area contributed by atoms with Gasteiger partial charge in [0.2, 0.25) is 0 Å². The molecule has 1 aliphatic heterocycles. The fourth-order valence-corrected chi connectivity index (χ4v) is 2.33. The molecule has 3 rings (SSSR count). The Labute approximate surface area is 108 Å². The predicted molar refractivity (Wildman–Crippen MR) is 75.0 cm³/mol. The molecule has 0 saturated carbocycles. The van der Waals surface area contributed by atoms with Crippen LogP contribution < -0.4 is 5.46 Å². The van der Waals surface area contributed by atoms with E-state index in [1.54, 1.807) is 0 Å². The molecular formula is C15H17BO2. The molecule has 1 heterocycles. The maximum absolute atomic E-state index is 5.87. The van der Waals surface area contributed by atoms with E-state index in [-0.39, 0.29) is 12.5 Å². The molecule has 0 atom stereocenters. The van der Waals surface area contributed by atoms with Gasteiger partial charge in [0.15, 0.2) is 0 Å². The molecule has 3 heteroatoms. The molecule has 2 aromatic rings. The van der Waals surface area contributed by atoms with Gasteiger partial charge in [-0.25, -0.2) is 0 Å². The van der Waals surface area contributed by atoms with Crippen molar-refractivity contribution in [1.82, 2.24) is 0 Å². The lowest BCUT2D eigenvalue weighted by molar-refractivity contribution is 0.0344. The van der Waals surface area contributed by atoms with Gasteiger partial charge in [0.25, 0.3) is 0 Å². The summed E-state index contributed by atoms with van der Waals surface area (Å²) in [5.41, 5.74) is 1.24. The van der Waals surface area contributed by atoms with E-state index in [0.717, 1.165) is 18.7 Å². The monoisotopic (exact) mass is 240 g/mol. The largest absolute Gasteiger partial charge is 0.494 e. The summed E-state index contributed by atoms with van der Waals surface area (Å²) in [7, 11) is -0.232. The van der Waals surface area contributed by atoms with Crippen molar-refractivity contribution in [3.8, 4) is 0 Å². The number of hydrogen-bond donors (Lipinski definition) is 0. The molecule has 0 N–H and O–H groups in total. The second kappa shape index (κ2) is 4.41. The Balaban J connectivity index is 1.96. The van der Waals surface area contributed by atoms with Gasteiger partial charge in [0.05, 0.1) is 0 Å². The Morgan fingerprint density at radius 3 is 2.39 bits per heavy atom. The van der Waals surface area contributed by atoms with Crippen LogP contribution in [0.25, 0.3) is 10.8 Å². The topological polar surface area (TPSA) is 18.5 Å². The van der Waals surface area contributed by atoms with E-state index in [4.69, 9.17) is 9.31 Å². The van der Waals surface area contributed by atoms with Crippen LogP contribution in [0.1, 0.15) is 13.8 Å². The first-order valence-electron chi connectivity index (χ1n) is 6.37. The highest BCUT2D eigenvalue weighted by molar-refractivity contribution is 6.64. The summed E-state index contributed by atoms with van der Waals surface area (Å²) in [6.45, 7) is 5.79. The average molecular weight is 240 g/mol. The van der Waals surface area contributed by atoms with Crippen LogP contribution in [-0.4, -0.2) is 20.3 Å². The van der Waals surface area contributed by atoms with Crippen LogP contribution in [0.2, 0.25) is 0 Å². The highest BCUT2D eigenvalue weighted by atomic mass is 16.6. The molecule has 92 valence electrons. The van der Waals surface area contributed by atoms with Gasteiger partial charge in [-0.15, -0.1) is 0 Å². The first-order chi connectivity index (χ1) is 8.66. The Morgan fingerprint density at radius 1 is 0.944 bits per heavy atom. The van der Waals surface area contributed by atoms with E-state index in [0.29, 0.717) is 0 Å². The van der Waals surface area contributed by atoms with Crippen LogP contribution in [0.3, 0.4) is 0 Å². The van der Waals surface area contributed by atoms with Gasteiger partial charge in [0, 0.05) is 18.6 Å². The van der Waals surface area contributed by atoms with Gasteiger partial charge in [-0.05, 0) is 16.2 Å². The fourth-order valence-electron chi connectivity index (χ4n) is 2.33. The van der Waals surface area contributed by atoms with E-state index < -0.39 is 0 Å². The van der Waals surface area contributed by atoms with Gasteiger partial charge in [-0.1, -0.05) is 56.3 Å². The van der Waals surface area contributed by atoms with Crippen LogP contribution in [0.4, 0.5) is 0 Å². The third-order valence-corrected chi connectivity index (χ3v) is 3.33. The SMILES string of the molecule is CC1(C)COB(c2cccc3ccccc23)OC1. The van der Waals surface area contributed by atoms with Crippen LogP contribution in [0, 0.1) is 5.41 Å². The molecule has 2 aromatic carbocycles. The summed E-state index contributed by atoms with van der Waals surface area (Å²) in [4.78, 5) is 0. The minimum Gasteiger partial charge on any atom is -0.407 e. The third-order valence-electron chi connectivity index (χ3n) is 3.33. The number of rotatable bonds is 1. The van der Waals surface area contributed by atoms with Gasteiger partial charge in [-0.3, -0.25) is 0 Å². The summed E-state index contributed by atoms with van der Waals surface area (Å²) in [6.07, 6.45) is 0. The van der Waals surface area contributed by atoms with Crippen molar-refractivity contribution in [1.29, 1.82) is 0 Å². The normalized spacial score (nSPS) is 19.1. The van der Waals surface area contributed by atoms with Gasteiger partial charge >= 0.3 is 7.12 Å². The van der Waals surface area contributed by atoms with Crippen molar-refractivity contribution >= 4 is 23.4 Å². The van der Waals surface area contributed by atoms with E-state index in [2.05, 4.69) is 56.3 Å². The number of benzene rings is 2. The lowest BCUT2D eigenvalue weighted by Gasteiger charge is -2.33. The van der Waals surface area contributed by atoms with Crippen LogP contribution in [0.5, 0.6) is 0 Å². The zero-order valence-corrected chi connectivity index (χ0v) is 10.8. The second-order valence-electron chi connectivity index (χ2n) is 5.69. The maximum atomic E-state index is 5.87. The molecule has 0 aliphatic carbocycles. The quantitative estimate of drug-likeness (QED) is 0.713. The lowest BCUT2D eigenvalue weighted by atomic mass is 9.73. The summed E-state index contributed by atoms with van der Waals surface area (Å²) < 4.78 is 11.7. The molecule has 1 saturated heterocycles. The highest BCUT2D eigenvalue weighted by Gasteiger charge is 2.34. The third kappa shape index (κ3) is 2.16. The molecule has 0 spiro atoms. The molecule has 0 radical (unpaired) electrons. The summed E-state index contributed by atoms with van der Waals surface area (Å²) >= 11 is 0. The molecule has 0 bridgehead atoms. The van der Waals surface area contributed by atoms with Crippen LogP contribution in [-0.2, 0) is 9.31 Å². The Kier molecular flexibility index (Phi) is 2.88. The Bertz CT molecular complexity index is 550. The second-order valence-corrected chi connectivity index (χ2v) is 5.69. The zero-order valence-electron chi connectivity index (χ0n) is 10.8. The van der Waals surface area contributed by atoms with E-state index in [1.807, 2.05) is 0 Å². The van der Waals surface area contributed by atoms with Gasteiger partial charge < -0.3 is 9.31 Å². The highest BCUT2D eigenvalue weighted by Crippen LogP contribution is 2.22. The summed E-state index contributed by atoms with van der Waals surface area (Å²) in [5, 5.41) is 2.44. The minimum atomic E-state index is -0.232. The lowest BCUT2D eigenvalue weighted by Crippen LogP contribution is -2.47. The van der Waals surface area contributed by atoms with Crippen molar-refractivity contribution in [2.24, 2.45) is 5.41 Å². The molecule has 1 fully saturated rings. The predicted octanol–water partition coefficient (Wildman–Crippen LogP) is 2.61. The minimum absolute atomic E-state index is 0.112. The fraction of sp³-hybridized carbons (Fsp3) is 0.333. The number of fused-ring (bicyclic) bond motifs is 1. The van der Waals surface area contributed by atoms with Crippen molar-refractivity contribution in [2.75, 3.05) is 13.2 Å². The van der Waals surface area contributed by atoms with Crippen molar-refractivity contribution in [2.45, 2.75) is 13.8 Å². The van der Waals surface area contributed by atoms with Crippen molar-refractivity contribution in [3.05, 3.63) is 42.5 Å². The molecule has 0 aromatic heterocycles. The molecule has 2 nitrogen and oxygen atoms in total. The van der Waals surface area contributed by atoms with Crippen LogP contribution in [0.15, 0.2) is 42.5 Å². The number of hydrogen-bond acceptors (Lipinski definition) is 2. The zero-order chi connectivity index (χ0) is 12.6. The Morgan fingerprint density at radius 2 is 1.61 bits per heavy atom. The van der Waals surface area contributed by atoms with E-state index in [9.17, 15) is 0 Å². The first kappa shape index (κ1) is 11.8. The van der Waals surface area contributed by atoms with Crippen molar-refractivity contribution in [3.63, 3.8) is 0 Å². The molecule has 0 unspecified atom stereocenters. The molecule has 18 heavy (non-hydrogen) atoms. The van der Waals surface area contributed by atoms with E-state index >= 15 is 0 Å². The summed E-state index contributed by atoms with van der Waals surface area (Å²) in [5.74, 6) is 0. The Hall–Kier alpha value is -1.32. The van der Waals surface area contributed by atoms with Gasteiger partial charge in [0.1, 0.15) is 0 Å². The summed E-state index contributed by atoms with van der Waals surface area (Å²) in [6, 6.07) is 14.6. The molecule has 1 aliphatic rings. The van der Waals surface area contributed by atoms with E-state index in [1.165, 1.54) is 10.8 Å². The van der Waals surface area contributed by atoms with Crippen LogP contribution >= 0.6 is 0 Å².